The Kier molecular flexibility index (Phi) is 3.76. The van der Waals surface area contributed by atoms with E-state index in [-0.39, 0.29) is 11.7 Å². The molecule has 0 unspecified atom stereocenters. The van der Waals surface area contributed by atoms with Crippen molar-refractivity contribution >= 4 is 27.5 Å². The molecule has 1 aromatic rings. The number of H-pyrrole nitrogens is 1. The van der Waals surface area contributed by atoms with Crippen molar-refractivity contribution in [1.82, 2.24) is 15.2 Å². The molecule has 1 aromatic heterocycles. The quantitative estimate of drug-likeness (QED) is 0.547. The minimum absolute atomic E-state index is 0.194. The molecule has 0 atom stereocenters. The van der Waals surface area contributed by atoms with Crippen molar-refractivity contribution < 1.29 is 8.42 Å². The van der Waals surface area contributed by atoms with E-state index in [1.54, 1.807) is 0 Å². The summed E-state index contributed by atoms with van der Waals surface area (Å²) in [4.78, 5) is 3.87. The third-order valence-corrected chi connectivity index (χ3v) is 3.34. The number of rotatable bonds is 5. The van der Waals surface area contributed by atoms with Crippen LogP contribution in [0.15, 0.2) is 5.16 Å². The molecule has 14 heavy (non-hydrogen) atoms. The fourth-order valence-electron chi connectivity index (χ4n) is 0.807. The third-order valence-electron chi connectivity index (χ3n) is 1.37. The van der Waals surface area contributed by atoms with Gasteiger partial charge >= 0.3 is 0 Å². The number of nitrogens with one attached hydrogen (secondary N) is 1. The first-order valence-corrected chi connectivity index (χ1v) is 7.00. The lowest BCUT2D eigenvalue weighted by molar-refractivity contribution is 0.600. The lowest BCUT2D eigenvalue weighted by Gasteiger charge is -1.96. The van der Waals surface area contributed by atoms with Gasteiger partial charge in [-0.2, -0.15) is 4.98 Å². The first-order valence-electron chi connectivity index (χ1n) is 3.96. The second-order valence-corrected chi connectivity index (χ2v) is 6.16. The topological polar surface area (TPSA) is 102 Å². The SMILES string of the molecule is CS(=O)(=O)CCCSc1n[nH]c(N)n1. The molecule has 0 aliphatic heterocycles. The maximum Gasteiger partial charge on any atom is 0.216 e. The van der Waals surface area contributed by atoms with Gasteiger partial charge in [0.25, 0.3) is 0 Å². The van der Waals surface area contributed by atoms with E-state index in [4.69, 9.17) is 5.73 Å². The van der Waals surface area contributed by atoms with Crippen LogP contribution in [0.1, 0.15) is 6.42 Å². The molecule has 1 rings (SSSR count). The molecule has 0 saturated carbocycles. The van der Waals surface area contributed by atoms with Crippen LogP contribution >= 0.6 is 11.8 Å². The first kappa shape index (κ1) is 11.3. The molecule has 80 valence electrons. The van der Waals surface area contributed by atoms with Gasteiger partial charge in [-0.25, -0.2) is 13.5 Å². The molecule has 0 bridgehead atoms. The van der Waals surface area contributed by atoms with Crippen molar-refractivity contribution in [1.29, 1.82) is 0 Å². The predicted octanol–water partition coefficient (Wildman–Crippen LogP) is -0.0863. The largest absolute Gasteiger partial charge is 0.368 e. The summed E-state index contributed by atoms with van der Waals surface area (Å²) in [5, 5.41) is 6.86. The third kappa shape index (κ3) is 4.47. The van der Waals surface area contributed by atoms with Crippen LogP contribution in [0, 0.1) is 0 Å². The first-order chi connectivity index (χ1) is 6.47. The molecule has 0 spiro atoms. The minimum Gasteiger partial charge on any atom is -0.368 e. The number of sulfone groups is 1. The van der Waals surface area contributed by atoms with Crippen molar-refractivity contribution in [3.63, 3.8) is 0 Å². The molecular formula is C6H12N4O2S2. The molecule has 8 heteroatoms. The van der Waals surface area contributed by atoms with Crippen LogP contribution in [-0.2, 0) is 9.84 Å². The Bertz CT molecular complexity index is 386. The van der Waals surface area contributed by atoms with Crippen molar-refractivity contribution in [3.8, 4) is 0 Å². The maximum atomic E-state index is 10.8. The molecule has 0 radical (unpaired) electrons. The molecule has 3 N–H and O–H groups in total. The maximum absolute atomic E-state index is 10.8. The lowest BCUT2D eigenvalue weighted by Crippen LogP contribution is -2.03. The van der Waals surface area contributed by atoms with Crippen molar-refractivity contribution in [2.75, 3.05) is 23.5 Å². The van der Waals surface area contributed by atoms with E-state index < -0.39 is 9.84 Å². The highest BCUT2D eigenvalue weighted by molar-refractivity contribution is 7.99. The molecule has 0 saturated heterocycles. The van der Waals surface area contributed by atoms with E-state index in [1.165, 1.54) is 18.0 Å². The number of nitrogens with two attached hydrogens (primary N) is 1. The highest BCUT2D eigenvalue weighted by Gasteiger charge is 2.04. The van der Waals surface area contributed by atoms with Gasteiger partial charge in [-0.15, -0.1) is 5.10 Å². The van der Waals surface area contributed by atoms with E-state index in [9.17, 15) is 8.42 Å². The average molecular weight is 236 g/mol. The van der Waals surface area contributed by atoms with Gasteiger partial charge < -0.3 is 5.73 Å². The van der Waals surface area contributed by atoms with E-state index in [0.29, 0.717) is 17.3 Å². The summed E-state index contributed by atoms with van der Waals surface area (Å²) in [6, 6.07) is 0. The second-order valence-electron chi connectivity index (χ2n) is 2.84. The highest BCUT2D eigenvalue weighted by Crippen LogP contribution is 2.13. The molecule has 0 amide bonds. The molecule has 1 heterocycles. The predicted molar refractivity (Wildman–Crippen MR) is 55.8 cm³/mol. The Morgan fingerprint density at radius 1 is 1.57 bits per heavy atom. The van der Waals surface area contributed by atoms with Crippen LogP contribution < -0.4 is 5.73 Å². The van der Waals surface area contributed by atoms with Crippen molar-refractivity contribution in [3.05, 3.63) is 0 Å². The number of hydrogen-bond acceptors (Lipinski definition) is 6. The van der Waals surface area contributed by atoms with Gasteiger partial charge in [0.1, 0.15) is 9.84 Å². The Balaban J connectivity index is 2.23. The zero-order valence-corrected chi connectivity index (χ0v) is 9.36. The number of nitrogens with zero attached hydrogens (tertiary/aromatic N) is 2. The number of nitrogen functional groups attached to an aromatic ring is 1. The molecule has 6 nitrogen and oxygen atoms in total. The summed E-state index contributed by atoms with van der Waals surface area (Å²) in [5.41, 5.74) is 5.31. The van der Waals surface area contributed by atoms with Crippen LogP contribution in [0.3, 0.4) is 0 Å². The van der Waals surface area contributed by atoms with Gasteiger partial charge in [0, 0.05) is 12.0 Å². The fourth-order valence-corrected chi connectivity index (χ4v) is 2.40. The lowest BCUT2D eigenvalue weighted by atomic mass is 10.6. The number of anilines is 1. The van der Waals surface area contributed by atoms with Crippen LogP contribution in [0.5, 0.6) is 0 Å². The monoisotopic (exact) mass is 236 g/mol. The zero-order chi connectivity index (χ0) is 10.6. The second kappa shape index (κ2) is 4.65. The average Bonchev–Trinajstić information content (AvgIpc) is 2.44. The number of aromatic amines is 1. The van der Waals surface area contributed by atoms with E-state index in [1.807, 2.05) is 0 Å². The summed E-state index contributed by atoms with van der Waals surface area (Å²) >= 11 is 1.38. The van der Waals surface area contributed by atoms with E-state index >= 15 is 0 Å². The molecule has 0 aliphatic rings. The normalized spacial score (nSPS) is 11.8. The van der Waals surface area contributed by atoms with Gasteiger partial charge in [-0.1, -0.05) is 11.8 Å². The van der Waals surface area contributed by atoms with E-state index in [0.717, 1.165) is 0 Å². The number of thioether (sulfide) groups is 1. The van der Waals surface area contributed by atoms with Crippen LogP contribution in [0.25, 0.3) is 0 Å². The van der Waals surface area contributed by atoms with Crippen LogP contribution in [0.2, 0.25) is 0 Å². The van der Waals surface area contributed by atoms with Crippen molar-refractivity contribution in [2.45, 2.75) is 11.6 Å². The van der Waals surface area contributed by atoms with Crippen LogP contribution in [0.4, 0.5) is 5.95 Å². The summed E-state index contributed by atoms with van der Waals surface area (Å²) in [7, 11) is -2.86. The van der Waals surface area contributed by atoms with Crippen molar-refractivity contribution in [2.24, 2.45) is 0 Å². The molecule has 0 aromatic carbocycles. The van der Waals surface area contributed by atoms with Gasteiger partial charge in [0.2, 0.25) is 11.1 Å². The summed E-state index contributed by atoms with van der Waals surface area (Å²) in [6.07, 6.45) is 1.82. The highest BCUT2D eigenvalue weighted by atomic mass is 32.2. The molecule has 0 fully saturated rings. The minimum atomic E-state index is -2.86. The Hall–Kier alpha value is -0.760. The van der Waals surface area contributed by atoms with Gasteiger partial charge in [0.15, 0.2) is 0 Å². The Labute approximate surface area is 86.6 Å². The standard InChI is InChI=1S/C6H12N4O2S2/c1-14(11,12)4-2-3-13-6-8-5(7)9-10-6/h2-4H2,1H3,(H3,7,8,9,10). The number of hydrogen-bond donors (Lipinski definition) is 2. The zero-order valence-electron chi connectivity index (χ0n) is 7.73. The summed E-state index contributed by atoms with van der Waals surface area (Å²) in [5.74, 6) is 1.14. The van der Waals surface area contributed by atoms with Gasteiger partial charge in [0.05, 0.1) is 5.75 Å². The van der Waals surface area contributed by atoms with E-state index in [2.05, 4.69) is 15.2 Å². The smallest absolute Gasteiger partial charge is 0.216 e. The van der Waals surface area contributed by atoms with Gasteiger partial charge in [-0.05, 0) is 6.42 Å². The summed E-state index contributed by atoms with van der Waals surface area (Å²) in [6.45, 7) is 0. The Morgan fingerprint density at radius 2 is 2.29 bits per heavy atom. The number of aromatic nitrogens is 3. The molecule has 0 aliphatic carbocycles. The Morgan fingerprint density at radius 3 is 2.79 bits per heavy atom. The van der Waals surface area contributed by atoms with Gasteiger partial charge in [-0.3, -0.25) is 0 Å². The fraction of sp³-hybridized carbons (Fsp3) is 0.667. The molecular weight excluding hydrogens is 224 g/mol. The van der Waals surface area contributed by atoms with Crippen LogP contribution in [-0.4, -0.2) is 41.4 Å². The summed E-state index contributed by atoms with van der Waals surface area (Å²) < 4.78 is 21.6.